The maximum atomic E-state index is 6.16. The van der Waals surface area contributed by atoms with Gasteiger partial charge in [0.15, 0.2) is 0 Å². The van der Waals surface area contributed by atoms with Crippen molar-refractivity contribution in [3.63, 3.8) is 0 Å². The van der Waals surface area contributed by atoms with Crippen LogP contribution < -0.4 is 4.74 Å². The van der Waals surface area contributed by atoms with E-state index < -0.39 is 0 Å². The van der Waals surface area contributed by atoms with Crippen LogP contribution in [-0.4, -0.2) is 24.2 Å². The number of hydrogen-bond acceptors (Lipinski definition) is 2. The minimum atomic E-state index is 0.0354. The lowest BCUT2D eigenvalue weighted by molar-refractivity contribution is -0.0797. The molecule has 0 radical (unpaired) electrons. The molecule has 0 saturated heterocycles. The molecule has 1 aliphatic rings. The first-order valence-corrected chi connectivity index (χ1v) is 7.05. The fourth-order valence-electron chi connectivity index (χ4n) is 2.07. The molecular weight excluding hydrogens is 248 g/mol. The van der Waals surface area contributed by atoms with Gasteiger partial charge in [0.05, 0.1) is 5.38 Å². The third-order valence-electron chi connectivity index (χ3n) is 3.46. The summed E-state index contributed by atoms with van der Waals surface area (Å²) in [5, 5.41) is 0.0908. The zero-order valence-electron chi connectivity index (χ0n) is 11.3. The van der Waals surface area contributed by atoms with Crippen LogP contribution in [-0.2, 0) is 4.74 Å². The molecule has 3 atom stereocenters. The number of benzene rings is 1. The molecule has 0 aliphatic heterocycles. The Morgan fingerprint density at radius 1 is 1.28 bits per heavy atom. The average Bonchev–Trinajstić information content (AvgIpc) is 2.33. The Hall–Kier alpha value is -0.730. The molecule has 1 fully saturated rings. The number of rotatable bonds is 5. The van der Waals surface area contributed by atoms with E-state index in [1.807, 2.05) is 6.07 Å². The highest BCUT2D eigenvalue weighted by Gasteiger charge is 2.42. The number of aryl methyl sites for hydroxylation is 2. The largest absolute Gasteiger partial charge is 0.488 e. The van der Waals surface area contributed by atoms with Crippen LogP contribution in [0.4, 0.5) is 0 Å². The van der Waals surface area contributed by atoms with Crippen LogP contribution in [0.25, 0.3) is 0 Å². The summed E-state index contributed by atoms with van der Waals surface area (Å²) in [4.78, 5) is 0. The van der Waals surface area contributed by atoms with E-state index in [2.05, 4.69) is 32.9 Å². The molecule has 100 valence electrons. The number of hydrogen-bond donors (Lipinski definition) is 0. The maximum absolute atomic E-state index is 6.16. The van der Waals surface area contributed by atoms with Gasteiger partial charge < -0.3 is 9.47 Å². The summed E-state index contributed by atoms with van der Waals surface area (Å²) in [6, 6.07) is 6.18. The third kappa shape index (κ3) is 2.99. The normalized spacial score (nSPS) is 26.8. The first-order valence-electron chi connectivity index (χ1n) is 6.61. The van der Waals surface area contributed by atoms with Crippen molar-refractivity contribution in [3.05, 3.63) is 29.3 Å². The molecule has 0 spiro atoms. The lowest BCUT2D eigenvalue weighted by atomic mass is 9.91. The number of ether oxygens (including phenoxy) is 2. The van der Waals surface area contributed by atoms with Crippen molar-refractivity contribution in [1.82, 2.24) is 0 Å². The monoisotopic (exact) mass is 268 g/mol. The molecule has 0 heterocycles. The van der Waals surface area contributed by atoms with Gasteiger partial charge in [0, 0.05) is 13.0 Å². The Kier molecular flexibility index (Phi) is 4.52. The van der Waals surface area contributed by atoms with Crippen LogP contribution in [0.5, 0.6) is 5.75 Å². The van der Waals surface area contributed by atoms with Gasteiger partial charge in [-0.15, -0.1) is 11.6 Å². The third-order valence-corrected chi connectivity index (χ3v) is 3.89. The van der Waals surface area contributed by atoms with Gasteiger partial charge in [-0.3, -0.25) is 0 Å². The lowest BCUT2D eigenvalue weighted by Gasteiger charge is -2.40. The van der Waals surface area contributed by atoms with Gasteiger partial charge in [-0.05, 0) is 43.5 Å². The molecule has 0 bridgehead atoms. The van der Waals surface area contributed by atoms with Crippen molar-refractivity contribution in [2.45, 2.75) is 51.2 Å². The Bertz CT molecular complexity index is 405. The van der Waals surface area contributed by atoms with Gasteiger partial charge in [-0.2, -0.15) is 0 Å². The lowest BCUT2D eigenvalue weighted by Crippen LogP contribution is -2.52. The van der Waals surface area contributed by atoms with Gasteiger partial charge in [0.1, 0.15) is 18.0 Å². The summed E-state index contributed by atoms with van der Waals surface area (Å²) in [7, 11) is 0. The van der Waals surface area contributed by atoms with Crippen LogP contribution in [0.1, 0.15) is 30.9 Å². The first kappa shape index (κ1) is 13.7. The average molecular weight is 269 g/mol. The summed E-state index contributed by atoms with van der Waals surface area (Å²) >= 11 is 6.16. The van der Waals surface area contributed by atoms with Crippen molar-refractivity contribution >= 4 is 11.6 Å². The molecule has 0 N–H and O–H groups in total. The molecular formula is C15H21ClO2. The quantitative estimate of drug-likeness (QED) is 0.755. The molecule has 2 nitrogen and oxygen atoms in total. The molecule has 0 amide bonds. The van der Waals surface area contributed by atoms with E-state index in [1.54, 1.807) is 0 Å². The van der Waals surface area contributed by atoms with Crippen molar-refractivity contribution in [2.75, 3.05) is 6.61 Å². The number of halogens is 1. The van der Waals surface area contributed by atoms with Crippen molar-refractivity contribution < 1.29 is 9.47 Å². The van der Waals surface area contributed by atoms with Gasteiger partial charge in [-0.1, -0.05) is 13.0 Å². The van der Waals surface area contributed by atoms with Crippen LogP contribution in [0.2, 0.25) is 0 Å². The SMILES string of the molecule is CCCOC1C(Cl)CC1Oc1ccc(C)c(C)c1. The molecule has 18 heavy (non-hydrogen) atoms. The molecule has 0 aromatic heterocycles. The molecule has 3 heteroatoms. The van der Waals surface area contributed by atoms with Crippen LogP contribution in [0, 0.1) is 13.8 Å². The van der Waals surface area contributed by atoms with Gasteiger partial charge >= 0.3 is 0 Å². The Balaban J connectivity index is 1.94. The predicted molar refractivity (Wildman–Crippen MR) is 74.6 cm³/mol. The van der Waals surface area contributed by atoms with Crippen LogP contribution in [0.15, 0.2) is 18.2 Å². The summed E-state index contributed by atoms with van der Waals surface area (Å²) in [5.74, 6) is 0.914. The van der Waals surface area contributed by atoms with E-state index in [4.69, 9.17) is 21.1 Å². The fourth-order valence-corrected chi connectivity index (χ4v) is 2.48. The molecule has 1 saturated carbocycles. The summed E-state index contributed by atoms with van der Waals surface area (Å²) in [6.45, 7) is 7.05. The Morgan fingerprint density at radius 2 is 2.06 bits per heavy atom. The highest BCUT2D eigenvalue weighted by molar-refractivity contribution is 6.21. The second-order valence-electron chi connectivity index (χ2n) is 4.99. The second-order valence-corrected chi connectivity index (χ2v) is 5.55. The first-order chi connectivity index (χ1) is 8.61. The van der Waals surface area contributed by atoms with Crippen LogP contribution in [0.3, 0.4) is 0 Å². The van der Waals surface area contributed by atoms with E-state index in [9.17, 15) is 0 Å². The van der Waals surface area contributed by atoms with E-state index in [-0.39, 0.29) is 17.6 Å². The van der Waals surface area contributed by atoms with Gasteiger partial charge in [0.25, 0.3) is 0 Å². The Morgan fingerprint density at radius 3 is 2.67 bits per heavy atom. The smallest absolute Gasteiger partial charge is 0.128 e. The van der Waals surface area contributed by atoms with E-state index in [0.29, 0.717) is 0 Å². The van der Waals surface area contributed by atoms with E-state index in [1.165, 1.54) is 11.1 Å². The Labute approximate surface area is 114 Å². The molecule has 2 rings (SSSR count). The molecule has 1 aromatic carbocycles. The number of alkyl halides is 1. The molecule has 3 unspecified atom stereocenters. The topological polar surface area (TPSA) is 18.5 Å². The van der Waals surface area contributed by atoms with Gasteiger partial charge in [-0.25, -0.2) is 0 Å². The summed E-state index contributed by atoms with van der Waals surface area (Å²) in [5.41, 5.74) is 2.53. The van der Waals surface area contributed by atoms with Crippen molar-refractivity contribution in [2.24, 2.45) is 0 Å². The van der Waals surface area contributed by atoms with E-state index >= 15 is 0 Å². The minimum absolute atomic E-state index is 0.0354. The zero-order valence-corrected chi connectivity index (χ0v) is 12.0. The minimum Gasteiger partial charge on any atom is -0.488 e. The highest BCUT2D eigenvalue weighted by atomic mass is 35.5. The fraction of sp³-hybridized carbons (Fsp3) is 0.600. The van der Waals surface area contributed by atoms with Gasteiger partial charge in [0.2, 0.25) is 0 Å². The van der Waals surface area contributed by atoms with Crippen molar-refractivity contribution in [3.8, 4) is 5.75 Å². The maximum Gasteiger partial charge on any atom is 0.128 e. The highest BCUT2D eigenvalue weighted by Crippen LogP contribution is 2.33. The standard InChI is InChI=1S/C15H21ClO2/c1-4-7-17-15-13(16)9-14(15)18-12-6-5-10(2)11(3)8-12/h5-6,8,13-15H,4,7,9H2,1-3H3. The van der Waals surface area contributed by atoms with E-state index in [0.717, 1.165) is 25.2 Å². The second kappa shape index (κ2) is 5.94. The summed E-state index contributed by atoms with van der Waals surface area (Å²) < 4.78 is 11.7. The molecule has 1 aliphatic carbocycles. The van der Waals surface area contributed by atoms with Crippen LogP contribution >= 0.6 is 11.6 Å². The summed E-state index contributed by atoms with van der Waals surface area (Å²) in [6.07, 6.45) is 2.01. The predicted octanol–water partition coefficient (Wildman–Crippen LogP) is 3.86. The zero-order chi connectivity index (χ0) is 13.1. The van der Waals surface area contributed by atoms with Crippen molar-refractivity contribution in [1.29, 1.82) is 0 Å². The molecule has 1 aromatic rings.